The minimum atomic E-state index is 0.681. The van der Waals surface area contributed by atoms with Gasteiger partial charge in [0.2, 0.25) is 0 Å². The highest BCUT2D eigenvalue weighted by Gasteiger charge is 2.39. The van der Waals surface area contributed by atoms with Gasteiger partial charge in [0.1, 0.15) is 0 Å². The lowest BCUT2D eigenvalue weighted by atomic mass is 9.94. The van der Waals surface area contributed by atoms with Crippen molar-refractivity contribution in [1.82, 2.24) is 4.90 Å². The van der Waals surface area contributed by atoms with Crippen molar-refractivity contribution in [3.8, 4) is 0 Å². The van der Waals surface area contributed by atoms with Gasteiger partial charge in [-0.25, -0.2) is 0 Å². The first-order valence-electron chi connectivity index (χ1n) is 6.69. The highest BCUT2D eigenvalue weighted by Crippen LogP contribution is 2.43. The third-order valence-electron chi connectivity index (χ3n) is 4.21. The zero-order valence-corrected chi connectivity index (χ0v) is 11.0. The first kappa shape index (κ1) is 11.0. The lowest BCUT2D eigenvalue weighted by molar-refractivity contribution is 0.227. The molecular weight excluding hydrogens is 206 g/mol. The van der Waals surface area contributed by atoms with E-state index >= 15 is 0 Å². The van der Waals surface area contributed by atoms with E-state index in [0.717, 1.165) is 5.92 Å². The molecule has 1 saturated heterocycles. The largest absolute Gasteiger partial charge is 0.294 e. The minimum absolute atomic E-state index is 0.681. The van der Waals surface area contributed by atoms with E-state index in [9.17, 15) is 0 Å². The molecule has 3 rings (SSSR count). The molecule has 1 heterocycles. The number of fused-ring (bicyclic) bond motifs is 2. The van der Waals surface area contributed by atoms with E-state index in [1.54, 1.807) is 5.57 Å². The number of hydrogen-bond donors (Lipinski definition) is 0. The average Bonchev–Trinajstić information content (AvgIpc) is 2.87. The molecule has 0 amide bonds. The summed E-state index contributed by atoms with van der Waals surface area (Å²) in [6.07, 6.45) is 3.84. The molecule has 17 heavy (non-hydrogen) atoms. The second kappa shape index (κ2) is 3.99. The van der Waals surface area contributed by atoms with Crippen molar-refractivity contribution in [3.63, 3.8) is 0 Å². The van der Waals surface area contributed by atoms with E-state index in [1.807, 2.05) is 0 Å². The topological polar surface area (TPSA) is 3.24 Å². The van der Waals surface area contributed by atoms with Crippen LogP contribution in [0, 0.1) is 12.8 Å². The van der Waals surface area contributed by atoms with Crippen LogP contribution >= 0.6 is 0 Å². The van der Waals surface area contributed by atoms with E-state index in [4.69, 9.17) is 0 Å². The van der Waals surface area contributed by atoms with Gasteiger partial charge in [0.15, 0.2) is 0 Å². The Labute approximate surface area is 104 Å². The number of benzene rings is 1. The molecule has 0 unspecified atom stereocenters. The van der Waals surface area contributed by atoms with Gasteiger partial charge in [-0.05, 0) is 44.2 Å². The number of rotatable bonds is 2. The van der Waals surface area contributed by atoms with E-state index < -0.39 is 0 Å². The monoisotopic (exact) mass is 227 g/mol. The van der Waals surface area contributed by atoms with Crippen LogP contribution < -0.4 is 0 Å². The van der Waals surface area contributed by atoms with Gasteiger partial charge in [0.25, 0.3) is 0 Å². The lowest BCUT2D eigenvalue weighted by Gasteiger charge is -2.29. The summed E-state index contributed by atoms with van der Waals surface area (Å²) in [5.74, 6) is 0.768. The maximum atomic E-state index is 2.63. The zero-order valence-electron chi connectivity index (χ0n) is 11.0. The van der Waals surface area contributed by atoms with Crippen LogP contribution in [0.25, 0.3) is 5.57 Å². The van der Waals surface area contributed by atoms with Crippen molar-refractivity contribution in [2.75, 3.05) is 6.54 Å². The zero-order chi connectivity index (χ0) is 12.0. The van der Waals surface area contributed by atoms with Gasteiger partial charge in [-0.2, -0.15) is 0 Å². The Hall–Kier alpha value is -1.08. The fourth-order valence-electron chi connectivity index (χ4n) is 3.37. The van der Waals surface area contributed by atoms with Crippen LogP contribution in [0.5, 0.6) is 0 Å². The Balaban J connectivity index is 1.89. The Kier molecular flexibility index (Phi) is 2.59. The van der Waals surface area contributed by atoms with Crippen molar-refractivity contribution in [3.05, 3.63) is 41.5 Å². The van der Waals surface area contributed by atoms with Gasteiger partial charge in [-0.3, -0.25) is 4.90 Å². The quantitative estimate of drug-likeness (QED) is 0.747. The number of nitrogens with zero attached hydrogens (tertiary/aromatic N) is 1. The molecule has 0 aromatic heterocycles. The summed E-state index contributed by atoms with van der Waals surface area (Å²) in [7, 11) is 0. The van der Waals surface area contributed by atoms with Gasteiger partial charge in [0.05, 0.1) is 0 Å². The molecule has 1 aromatic rings. The van der Waals surface area contributed by atoms with Crippen LogP contribution in [0.15, 0.2) is 30.3 Å². The third-order valence-corrected chi connectivity index (χ3v) is 4.21. The minimum Gasteiger partial charge on any atom is -0.294 e. The normalized spacial score (nSPS) is 27.9. The molecule has 1 aliphatic carbocycles. The standard InChI is InChI=1S/C16H21N/c1-11(2)17-10-14-8-15(17)9-16(14)13-6-4-5-12(3)7-13/h4-7,9,11,14-15H,8,10H2,1-3H3/t14-,15-/m1/s1. The van der Waals surface area contributed by atoms with E-state index in [-0.39, 0.29) is 0 Å². The fraction of sp³-hybridized carbons (Fsp3) is 0.500. The fourth-order valence-corrected chi connectivity index (χ4v) is 3.37. The SMILES string of the molecule is Cc1cccc(C2=C[C@H]3C[C@@H]2CN3C(C)C)c1. The maximum Gasteiger partial charge on any atom is 0.0293 e. The van der Waals surface area contributed by atoms with Crippen molar-refractivity contribution >= 4 is 5.57 Å². The summed E-state index contributed by atoms with van der Waals surface area (Å²) in [6, 6.07) is 10.3. The molecule has 1 fully saturated rings. The van der Waals surface area contributed by atoms with Crippen LogP contribution in [-0.4, -0.2) is 23.5 Å². The maximum absolute atomic E-state index is 2.63. The van der Waals surface area contributed by atoms with E-state index in [1.165, 1.54) is 24.1 Å². The highest BCUT2D eigenvalue weighted by atomic mass is 15.2. The predicted octanol–water partition coefficient (Wildman–Crippen LogP) is 3.49. The van der Waals surface area contributed by atoms with E-state index in [2.05, 4.69) is 56.0 Å². The van der Waals surface area contributed by atoms with Gasteiger partial charge >= 0.3 is 0 Å². The Morgan fingerprint density at radius 1 is 1.29 bits per heavy atom. The Bertz CT molecular complexity index is 458. The highest BCUT2D eigenvalue weighted by molar-refractivity contribution is 5.72. The molecular formula is C16H21N. The van der Waals surface area contributed by atoms with Gasteiger partial charge in [-0.1, -0.05) is 35.9 Å². The number of hydrogen-bond acceptors (Lipinski definition) is 1. The molecule has 2 atom stereocenters. The third kappa shape index (κ3) is 1.83. The molecule has 2 bridgehead atoms. The van der Waals surface area contributed by atoms with Crippen molar-refractivity contribution in [2.45, 2.75) is 39.3 Å². The van der Waals surface area contributed by atoms with Gasteiger partial charge in [-0.15, -0.1) is 0 Å². The molecule has 90 valence electrons. The molecule has 0 saturated carbocycles. The molecule has 0 N–H and O–H groups in total. The second-order valence-corrected chi connectivity index (χ2v) is 5.78. The summed E-state index contributed by atoms with van der Waals surface area (Å²) in [4.78, 5) is 2.63. The number of likely N-dealkylation sites (tertiary alicyclic amines) is 1. The first-order chi connectivity index (χ1) is 8.15. The predicted molar refractivity (Wildman–Crippen MR) is 72.9 cm³/mol. The van der Waals surface area contributed by atoms with Gasteiger partial charge in [0, 0.05) is 18.6 Å². The smallest absolute Gasteiger partial charge is 0.0293 e. The summed E-state index contributed by atoms with van der Waals surface area (Å²) >= 11 is 0. The van der Waals surface area contributed by atoms with Gasteiger partial charge < -0.3 is 0 Å². The van der Waals surface area contributed by atoms with Crippen LogP contribution in [0.3, 0.4) is 0 Å². The average molecular weight is 227 g/mol. The van der Waals surface area contributed by atoms with Crippen LogP contribution in [0.4, 0.5) is 0 Å². The van der Waals surface area contributed by atoms with Crippen LogP contribution in [0.2, 0.25) is 0 Å². The molecule has 0 spiro atoms. The summed E-state index contributed by atoms with van der Waals surface area (Å²) < 4.78 is 0. The summed E-state index contributed by atoms with van der Waals surface area (Å²) in [6.45, 7) is 8.04. The molecule has 0 radical (unpaired) electrons. The summed E-state index contributed by atoms with van der Waals surface area (Å²) in [5, 5.41) is 0. The molecule has 2 aliphatic rings. The van der Waals surface area contributed by atoms with Crippen molar-refractivity contribution in [2.24, 2.45) is 5.92 Å². The van der Waals surface area contributed by atoms with Crippen LogP contribution in [0.1, 0.15) is 31.4 Å². The van der Waals surface area contributed by atoms with Crippen LogP contribution in [-0.2, 0) is 0 Å². The van der Waals surface area contributed by atoms with E-state index in [0.29, 0.717) is 12.1 Å². The van der Waals surface area contributed by atoms with Crippen molar-refractivity contribution in [1.29, 1.82) is 0 Å². The molecule has 1 nitrogen and oxygen atoms in total. The molecule has 1 heteroatoms. The Morgan fingerprint density at radius 3 is 2.71 bits per heavy atom. The molecule has 1 aliphatic heterocycles. The second-order valence-electron chi connectivity index (χ2n) is 5.78. The summed E-state index contributed by atoms with van der Waals surface area (Å²) in [5.41, 5.74) is 4.41. The Morgan fingerprint density at radius 2 is 2.12 bits per heavy atom. The lowest BCUT2D eigenvalue weighted by Crippen LogP contribution is -2.36. The van der Waals surface area contributed by atoms with Crippen molar-refractivity contribution < 1.29 is 0 Å². The number of aryl methyl sites for hydroxylation is 1. The molecule has 1 aromatic carbocycles. The first-order valence-corrected chi connectivity index (χ1v) is 6.69.